The normalized spacial score (nSPS) is 12.1. The molecule has 13 heteroatoms. The van der Waals surface area contributed by atoms with E-state index in [1.54, 1.807) is 0 Å². The average molecular weight is 726 g/mol. The summed E-state index contributed by atoms with van der Waals surface area (Å²) < 4.78 is 60.1. The Labute approximate surface area is 297 Å². The van der Waals surface area contributed by atoms with Gasteiger partial charge in [-0.15, -0.1) is 0 Å². The second-order valence-corrected chi connectivity index (χ2v) is 14.7. The van der Waals surface area contributed by atoms with Crippen molar-refractivity contribution in [3.8, 4) is 17.2 Å². The molecule has 0 radical (unpaired) electrons. The fourth-order valence-corrected chi connectivity index (χ4v) is 6.87. The molecule has 0 heterocycles. The number of methoxy groups -OCH3 is 3. The standard InChI is InChI=1S/C37H41ClFN3O7S/c1-37(2,3)40-36(44)31(20-25-10-8-7-9-11-25)41(23-26-12-15-28(39)16-13-26)35(43)24-42(30-21-27(38)14-18-32(30)47-4)50(45,46)29-17-19-33(48-5)34(22-29)49-6/h7-19,21-22,31H,20,23-24H2,1-6H3,(H,40,44)/t31-/m1/s1. The Balaban J connectivity index is 1.89. The van der Waals surface area contributed by atoms with Crippen LogP contribution in [-0.2, 0) is 32.6 Å². The van der Waals surface area contributed by atoms with Gasteiger partial charge in [-0.2, -0.15) is 0 Å². The second-order valence-electron chi connectivity index (χ2n) is 12.4. The van der Waals surface area contributed by atoms with Gasteiger partial charge in [0.15, 0.2) is 11.5 Å². The summed E-state index contributed by atoms with van der Waals surface area (Å²) in [5.74, 6) is -1.07. The highest BCUT2D eigenvalue weighted by atomic mass is 35.5. The predicted molar refractivity (Wildman–Crippen MR) is 191 cm³/mol. The van der Waals surface area contributed by atoms with Gasteiger partial charge in [-0.25, -0.2) is 12.8 Å². The molecule has 10 nitrogen and oxygen atoms in total. The van der Waals surface area contributed by atoms with E-state index in [1.165, 1.54) is 86.9 Å². The maximum absolute atomic E-state index is 14.7. The highest BCUT2D eigenvalue weighted by Crippen LogP contribution is 2.37. The van der Waals surface area contributed by atoms with Crippen LogP contribution in [0.15, 0.2) is 95.9 Å². The molecule has 0 aliphatic carbocycles. The van der Waals surface area contributed by atoms with Crippen LogP contribution < -0.4 is 23.8 Å². The minimum absolute atomic E-state index is 0.0105. The molecule has 0 spiro atoms. The molecule has 1 atom stereocenters. The second kappa shape index (κ2) is 16.3. The van der Waals surface area contributed by atoms with E-state index in [9.17, 15) is 22.4 Å². The Morgan fingerprint density at radius 3 is 2.04 bits per heavy atom. The third-order valence-electron chi connectivity index (χ3n) is 7.67. The molecule has 50 heavy (non-hydrogen) atoms. The minimum atomic E-state index is -4.54. The van der Waals surface area contributed by atoms with Crippen LogP contribution in [0.3, 0.4) is 0 Å². The van der Waals surface area contributed by atoms with Crippen LogP contribution in [0.2, 0.25) is 5.02 Å². The fraction of sp³-hybridized carbons (Fsp3) is 0.297. The van der Waals surface area contributed by atoms with Gasteiger partial charge in [-0.05, 0) is 74.4 Å². The average Bonchev–Trinajstić information content (AvgIpc) is 3.08. The Morgan fingerprint density at radius 2 is 1.44 bits per heavy atom. The number of ether oxygens (including phenoxy) is 3. The molecule has 4 aromatic rings. The number of rotatable bonds is 14. The van der Waals surface area contributed by atoms with Gasteiger partial charge in [-0.3, -0.25) is 13.9 Å². The smallest absolute Gasteiger partial charge is 0.265 e. The lowest BCUT2D eigenvalue weighted by molar-refractivity contribution is -0.140. The summed E-state index contributed by atoms with van der Waals surface area (Å²) in [6.07, 6.45) is 0.110. The van der Waals surface area contributed by atoms with Crippen LogP contribution >= 0.6 is 11.6 Å². The van der Waals surface area contributed by atoms with Gasteiger partial charge < -0.3 is 24.4 Å². The van der Waals surface area contributed by atoms with Gasteiger partial charge in [0.05, 0.1) is 31.9 Å². The van der Waals surface area contributed by atoms with E-state index in [-0.39, 0.29) is 40.1 Å². The first kappa shape index (κ1) is 38.0. The molecule has 0 fully saturated rings. The molecule has 4 aromatic carbocycles. The number of benzene rings is 4. The van der Waals surface area contributed by atoms with E-state index in [0.717, 1.165) is 9.87 Å². The van der Waals surface area contributed by atoms with Crippen molar-refractivity contribution < 1.29 is 36.6 Å². The van der Waals surface area contributed by atoms with E-state index in [2.05, 4.69) is 5.32 Å². The van der Waals surface area contributed by atoms with Crippen molar-refractivity contribution in [1.82, 2.24) is 10.2 Å². The Morgan fingerprint density at radius 1 is 0.820 bits per heavy atom. The Bertz CT molecular complexity index is 1900. The van der Waals surface area contributed by atoms with Gasteiger partial charge in [0, 0.05) is 29.6 Å². The number of nitrogens with zero attached hydrogens (tertiary/aromatic N) is 2. The summed E-state index contributed by atoms with van der Waals surface area (Å²) in [6, 6.07) is 22.0. The van der Waals surface area contributed by atoms with Crippen molar-refractivity contribution in [1.29, 1.82) is 0 Å². The quantitative estimate of drug-likeness (QED) is 0.163. The number of carbonyl (C=O) groups is 2. The molecule has 0 unspecified atom stereocenters. The molecule has 266 valence electrons. The van der Waals surface area contributed by atoms with E-state index in [0.29, 0.717) is 11.3 Å². The number of amides is 2. The van der Waals surface area contributed by atoms with Gasteiger partial charge in [0.2, 0.25) is 11.8 Å². The monoisotopic (exact) mass is 725 g/mol. The first-order valence-corrected chi connectivity index (χ1v) is 17.5. The summed E-state index contributed by atoms with van der Waals surface area (Å²) in [5, 5.41) is 3.16. The molecule has 0 aliphatic heterocycles. The van der Waals surface area contributed by atoms with Crippen molar-refractivity contribution >= 4 is 39.1 Å². The minimum Gasteiger partial charge on any atom is -0.495 e. The van der Waals surface area contributed by atoms with Crippen molar-refractivity contribution in [3.63, 3.8) is 0 Å². The summed E-state index contributed by atoms with van der Waals surface area (Å²) in [7, 11) is -0.381. The predicted octanol–water partition coefficient (Wildman–Crippen LogP) is 6.26. The third-order valence-corrected chi connectivity index (χ3v) is 9.66. The lowest BCUT2D eigenvalue weighted by Crippen LogP contribution is -2.56. The van der Waals surface area contributed by atoms with Crippen LogP contribution in [0.4, 0.5) is 10.1 Å². The highest BCUT2D eigenvalue weighted by molar-refractivity contribution is 7.92. The summed E-state index contributed by atoms with van der Waals surface area (Å²) in [4.78, 5) is 29.9. The number of anilines is 1. The molecule has 4 rings (SSSR count). The number of halogens is 2. The topological polar surface area (TPSA) is 114 Å². The van der Waals surface area contributed by atoms with Crippen LogP contribution in [-0.4, -0.2) is 64.6 Å². The van der Waals surface area contributed by atoms with E-state index in [1.807, 2.05) is 51.1 Å². The highest BCUT2D eigenvalue weighted by Gasteiger charge is 2.37. The zero-order valence-electron chi connectivity index (χ0n) is 28.8. The SMILES string of the molecule is COc1ccc(S(=O)(=O)N(CC(=O)N(Cc2ccc(F)cc2)[C@H](Cc2ccccc2)C(=O)NC(C)(C)C)c2cc(Cl)ccc2OC)cc1OC. The number of hydrogen-bond donors (Lipinski definition) is 1. The van der Waals surface area contributed by atoms with Crippen LogP contribution in [0.25, 0.3) is 0 Å². The van der Waals surface area contributed by atoms with Crippen molar-refractivity contribution in [2.24, 2.45) is 0 Å². The summed E-state index contributed by atoms with van der Waals surface area (Å²) in [5.41, 5.74) is 0.623. The van der Waals surface area contributed by atoms with Gasteiger partial charge in [-0.1, -0.05) is 54.1 Å². The summed E-state index contributed by atoms with van der Waals surface area (Å²) in [6.45, 7) is 4.56. The number of hydrogen-bond acceptors (Lipinski definition) is 7. The van der Waals surface area contributed by atoms with Crippen molar-refractivity contribution in [2.45, 2.75) is 50.2 Å². The van der Waals surface area contributed by atoms with E-state index < -0.39 is 45.8 Å². The molecule has 0 saturated heterocycles. The summed E-state index contributed by atoms with van der Waals surface area (Å²) >= 11 is 6.37. The molecule has 2 amide bonds. The van der Waals surface area contributed by atoms with Crippen LogP contribution in [0.1, 0.15) is 31.9 Å². The molecule has 0 saturated carbocycles. The molecule has 0 bridgehead atoms. The Kier molecular flexibility index (Phi) is 12.4. The fourth-order valence-electron chi connectivity index (χ4n) is 5.27. The first-order chi connectivity index (χ1) is 23.7. The van der Waals surface area contributed by atoms with Crippen LogP contribution in [0, 0.1) is 5.82 Å². The number of sulfonamides is 1. The maximum atomic E-state index is 14.7. The third kappa shape index (κ3) is 9.45. The Hall–Kier alpha value is -4.81. The molecular formula is C37H41ClFN3O7S. The van der Waals surface area contributed by atoms with Crippen molar-refractivity contribution in [2.75, 3.05) is 32.2 Å². The van der Waals surface area contributed by atoms with Gasteiger partial charge in [0.25, 0.3) is 10.0 Å². The van der Waals surface area contributed by atoms with Crippen molar-refractivity contribution in [3.05, 3.63) is 113 Å². The lowest BCUT2D eigenvalue weighted by atomic mass is 10.0. The first-order valence-electron chi connectivity index (χ1n) is 15.6. The van der Waals surface area contributed by atoms with E-state index in [4.69, 9.17) is 25.8 Å². The van der Waals surface area contributed by atoms with Gasteiger partial charge >= 0.3 is 0 Å². The zero-order chi connectivity index (χ0) is 36.6. The van der Waals surface area contributed by atoms with Crippen LogP contribution in [0.5, 0.6) is 17.2 Å². The molecule has 0 aliphatic rings. The zero-order valence-corrected chi connectivity index (χ0v) is 30.3. The largest absolute Gasteiger partial charge is 0.495 e. The molecule has 0 aromatic heterocycles. The molecular weight excluding hydrogens is 685 g/mol. The lowest BCUT2D eigenvalue weighted by Gasteiger charge is -2.35. The number of nitrogens with one attached hydrogen (secondary N) is 1. The number of carbonyl (C=O) groups excluding carboxylic acids is 2. The molecule has 1 N–H and O–H groups in total. The van der Waals surface area contributed by atoms with Gasteiger partial charge in [0.1, 0.15) is 24.2 Å². The van der Waals surface area contributed by atoms with E-state index >= 15 is 0 Å². The maximum Gasteiger partial charge on any atom is 0.265 e.